The van der Waals surface area contributed by atoms with Crippen molar-refractivity contribution >= 4 is 15.9 Å². The molecule has 0 aliphatic heterocycles. The molecule has 0 saturated carbocycles. The monoisotopic (exact) mass is 423 g/mol. The van der Waals surface area contributed by atoms with Gasteiger partial charge in [0.05, 0.1) is 11.1 Å². The minimum Gasteiger partial charge on any atom is -0.490 e. The van der Waals surface area contributed by atoms with Crippen molar-refractivity contribution in [3.05, 3.63) is 57.8 Å². The highest BCUT2D eigenvalue weighted by molar-refractivity contribution is 9.10. The Kier molecular flexibility index (Phi) is 8.39. The fourth-order valence-corrected chi connectivity index (χ4v) is 3.09. The van der Waals surface area contributed by atoms with E-state index in [1.54, 1.807) is 12.1 Å². The Balaban J connectivity index is 2.05. The summed E-state index contributed by atoms with van der Waals surface area (Å²) in [5.41, 5.74) is 2.04. The van der Waals surface area contributed by atoms with Crippen molar-refractivity contribution in [2.24, 2.45) is 5.92 Å². The standard InChI is InChI=1S/C21H27BrFNO2/c1-4-25-20-12-17(13-24-10-9-15(2)3)11-19(22)21(20)26-14-16-5-7-18(23)8-6-16/h5-8,11-12,15,24H,4,9-10,13-14H2,1-3H3. The van der Waals surface area contributed by atoms with Crippen LogP contribution in [0.25, 0.3) is 0 Å². The first kappa shape index (κ1) is 20.7. The van der Waals surface area contributed by atoms with Gasteiger partial charge in [-0.1, -0.05) is 26.0 Å². The van der Waals surface area contributed by atoms with Crippen LogP contribution in [0.1, 0.15) is 38.3 Å². The van der Waals surface area contributed by atoms with Gasteiger partial charge in [-0.05, 0) is 77.1 Å². The van der Waals surface area contributed by atoms with Gasteiger partial charge in [0.25, 0.3) is 0 Å². The average molecular weight is 424 g/mol. The second-order valence-corrected chi connectivity index (χ2v) is 7.47. The van der Waals surface area contributed by atoms with Crippen molar-refractivity contribution in [2.75, 3.05) is 13.2 Å². The summed E-state index contributed by atoms with van der Waals surface area (Å²) in [6, 6.07) is 10.4. The minimum atomic E-state index is -0.251. The summed E-state index contributed by atoms with van der Waals surface area (Å²) in [4.78, 5) is 0. The Hall–Kier alpha value is -1.59. The van der Waals surface area contributed by atoms with E-state index in [9.17, 15) is 4.39 Å². The van der Waals surface area contributed by atoms with Crippen LogP contribution in [0.2, 0.25) is 0 Å². The molecule has 2 rings (SSSR count). The second kappa shape index (κ2) is 10.5. The lowest BCUT2D eigenvalue weighted by atomic mass is 10.1. The van der Waals surface area contributed by atoms with Crippen LogP contribution in [0, 0.1) is 11.7 Å². The first-order valence-corrected chi connectivity index (χ1v) is 9.82. The quantitative estimate of drug-likeness (QED) is 0.497. The van der Waals surface area contributed by atoms with E-state index in [1.165, 1.54) is 12.1 Å². The summed E-state index contributed by atoms with van der Waals surface area (Å²) >= 11 is 3.59. The molecule has 0 aliphatic carbocycles. The first-order valence-electron chi connectivity index (χ1n) is 9.02. The van der Waals surface area contributed by atoms with Crippen LogP contribution in [0.15, 0.2) is 40.9 Å². The number of hydrogen-bond acceptors (Lipinski definition) is 3. The van der Waals surface area contributed by atoms with Crippen molar-refractivity contribution in [1.29, 1.82) is 0 Å². The zero-order valence-corrected chi connectivity index (χ0v) is 17.2. The lowest BCUT2D eigenvalue weighted by molar-refractivity contribution is 0.267. The summed E-state index contributed by atoms with van der Waals surface area (Å²) in [7, 11) is 0. The number of halogens is 2. The molecule has 0 radical (unpaired) electrons. The Bertz CT molecular complexity index is 689. The number of nitrogens with one attached hydrogen (secondary N) is 1. The normalized spacial score (nSPS) is 11.0. The smallest absolute Gasteiger partial charge is 0.175 e. The summed E-state index contributed by atoms with van der Waals surface area (Å²) in [6.45, 7) is 9.07. The van der Waals surface area contributed by atoms with Crippen LogP contribution in [0.5, 0.6) is 11.5 Å². The van der Waals surface area contributed by atoms with E-state index in [-0.39, 0.29) is 5.82 Å². The molecule has 26 heavy (non-hydrogen) atoms. The van der Waals surface area contributed by atoms with Gasteiger partial charge < -0.3 is 14.8 Å². The van der Waals surface area contributed by atoms with Crippen molar-refractivity contribution in [3.8, 4) is 11.5 Å². The molecule has 0 unspecified atom stereocenters. The third kappa shape index (κ3) is 6.61. The lowest BCUT2D eigenvalue weighted by Crippen LogP contribution is -2.16. The maximum atomic E-state index is 13.0. The molecule has 3 nitrogen and oxygen atoms in total. The van der Waals surface area contributed by atoms with Gasteiger partial charge in [-0.25, -0.2) is 4.39 Å². The molecule has 2 aromatic carbocycles. The summed E-state index contributed by atoms with van der Waals surface area (Å²) in [6.07, 6.45) is 1.15. The predicted octanol–water partition coefficient (Wildman–Crippen LogP) is 5.70. The van der Waals surface area contributed by atoms with Crippen LogP contribution < -0.4 is 14.8 Å². The van der Waals surface area contributed by atoms with Crippen molar-refractivity contribution in [1.82, 2.24) is 5.32 Å². The van der Waals surface area contributed by atoms with Crippen LogP contribution in [0.3, 0.4) is 0 Å². The van der Waals surface area contributed by atoms with E-state index >= 15 is 0 Å². The first-order chi connectivity index (χ1) is 12.5. The number of ether oxygens (including phenoxy) is 2. The SMILES string of the molecule is CCOc1cc(CNCCC(C)C)cc(Br)c1OCc1ccc(F)cc1. The molecule has 0 aromatic heterocycles. The van der Waals surface area contributed by atoms with Gasteiger partial charge in [-0.15, -0.1) is 0 Å². The predicted molar refractivity (Wildman–Crippen MR) is 107 cm³/mol. The summed E-state index contributed by atoms with van der Waals surface area (Å²) in [5, 5.41) is 3.46. The van der Waals surface area contributed by atoms with E-state index in [0.717, 1.165) is 35.1 Å². The van der Waals surface area contributed by atoms with Crippen LogP contribution in [-0.4, -0.2) is 13.2 Å². The van der Waals surface area contributed by atoms with Gasteiger partial charge in [0, 0.05) is 6.54 Å². The van der Waals surface area contributed by atoms with E-state index in [4.69, 9.17) is 9.47 Å². The summed E-state index contributed by atoms with van der Waals surface area (Å²) < 4.78 is 25.6. The van der Waals surface area contributed by atoms with Gasteiger partial charge in [0.15, 0.2) is 11.5 Å². The Morgan fingerprint density at radius 1 is 1.08 bits per heavy atom. The van der Waals surface area contributed by atoms with Gasteiger partial charge >= 0.3 is 0 Å². The fourth-order valence-electron chi connectivity index (χ4n) is 2.49. The Morgan fingerprint density at radius 2 is 1.81 bits per heavy atom. The van der Waals surface area contributed by atoms with E-state index in [0.29, 0.717) is 30.6 Å². The molecule has 142 valence electrons. The third-order valence-electron chi connectivity index (χ3n) is 3.89. The van der Waals surface area contributed by atoms with Crippen molar-refractivity contribution in [3.63, 3.8) is 0 Å². The molecule has 0 amide bonds. The van der Waals surface area contributed by atoms with Crippen molar-refractivity contribution < 1.29 is 13.9 Å². The molecule has 0 atom stereocenters. The second-order valence-electron chi connectivity index (χ2n) is 6.61. The largest absolute Gasteiger partial charge is 0.490 e. The molecule has 5 heteroatoms. The molecule has 0 aliphatic rings. The maximum absolute atomic E-state index is 13.0. The fraction of sp³-hybridized carbons (Fsp3) is 0.429. The Morgan fingerprint density at radius 3 is 2.46 bits per heavy atom. The van der Waals surface area contributed by atoms with Gasteiger partial charge in [-0.3, -0.25) is 0 Å². The third-order valence-corrected chi connectivity index (χ3v) is 4.48. The maximum Gasteiger partial charge on any atom is 0.175 e. The zero-order chi connectivity index (χ0) is 18.9. The molecule has 1 N–H and O–H groups in total. The molecule has 0 saturated heterocycles. The summed E-state index contributed by atoms with van der Waals surface area (Å²) in [5.74, 6) is 1.82. The van der Waals surface area contributed by atoms with Crippen molar-refractivity contribution in [2.45, 2.75) is 40.3 Å². The molecule has 0 bridgehead atoms. The highest BCUT2D eigenvalue weighted by Crippen LogP contribution is 2.37. The topological polar surface area (TPSA) is 30.5 Å². The molecular weight excluding hydrogens is 397 g/mol. The molecule has 0 heterocycles. The molecule has 2 aromatic rings. The van der Waals surface area contributed by atoms with Gasteiger partial charge in [0.1, 0.15) is 12.4 Å². The lowest BCUT2D eigenvalue weighted by Gasteiger charge is -2.16. The minimum absolute atomic E-state index is 0.251. The molecule has 0 fully saturated rings. The zero-order valence-electron chi connectivity index (χ0n) is 15.6. The van der Waals surface area contributed by atoms with Crippen LogP contribution >= 0.6 is 15.9 Å². The Labute approximate surface area is 164 Å². The van der Waals surface area contributed by atoms with E-state index in [1.807, 2.05) is 19.1 Å². The number of hydrogen-bond donors (Lipinski definition) is 1. The average Bonchev–Trinajstić information content (AvgIpc) is 2.59. The van der Waals surface area contributed by atoms with Crippen LogP contribution in [-0.2, 0) is 13.2 Å². The van der Waals surface area contributed by atoms with Gasteiger partial charge in [0.2, 0.25) is 0 Å². The highest BCUT2D eigenvalue weighted by atomic mass is 79.9. The number of benzene rings is 2. The number of rotatable bonds is 10. The van der Waals surface area contributed by atoms with Crippen LogP contribution in [0.4, 0.5) is 4.39 Å². The van der Waals surface area contributed by atoms with E-state index < -0.39 is 0 Å². The van der Waals surface area contributed by atoms with Gasteiger partial charge in [-0.2, -0.15) is 0 Å². The molecular formula is C21H27BrFNO2. The van der Waals surface area contributed by atoms with E-state index in [2.05, 4.69) is 35.1 Å². The molecule has 0 spiro atoms. The highest BCUT2D eigenvalue weighted by Gasteiger charge is 2.13.